The molecule has 0 atom stereocenters. The number of thioether (sulfide) groups is 1. The lowest BCUT2D eigenvalue weighted by Gasteiger charge is -2.26. The summed E-state index contributed by atoms with van der Waals surface area (Å²) < 4.78 is 26.3. The summed E-state index contributed by atoms with van der Waals surface area (Å²) in [4.78, 5) is 19.0. The summed E-state index contributed by atoms with van der Waals surface area (Å²) in [5.74, 6) is 0.694. The highest BCUT2D eigenvalue weighted by Crippen LogP contribution is 2.31. The van der Waals surface area contributed by atoms with E-state index >= 15 is 0 Å². The zero-order valence-corrected chi connectivity index (χ0v) is 18.0. The van der Waals surface area contributed by atoms with Gasteiger partial charge in [0.2, 0.25) is 10.0 Å². The molecule has 1 aliphatic rings. The smallest absolute Gasteiger partial charge is 0.258 e. The number of nitrogens with one attached hydrogen (secondary N) is 1. The molecule has 1 aliphatic heterocycles. The van der Waals surface area contributed by atoms with Gasteiger partial charge in [-0.2, -0.15) is 4.31 Å². The second kappa shape index (κ2) is 8.30. The molecule has 0 unspecified atom stereocenters. The maximum atomic E-state index is 12.7. The highest BCUT2D eigenvalue weighted by atomic mass is 32.2. The Kier molecular flexibility index (Phi) is 6.25. The Bertz CT molecular complexity index is 938. The summed E-state index contributed by atoms with van der Waals surface area (Å²) >= 11 is 2.98. The Balaban J connectivity index is 1.76. The van der Waals surface area contributed by atoms with Gasteiger partial charge in [0.1, 0.15) is 0 Å². The fraction of sp³-hybridized carbons (Fsp3) is 0.444. The van der Waals surface area contributed by atoms with Crippen molar-refractivity contribution in [1.82, 2.24) is 9.29 Å². The van der Waals surface area contributed by atoms with Crippen LogP contribution in [0.2, 0.25) is 0 Å². The topological polar surface area (TPSA) is 79.4 Å². The second-order valence-corrected chi connectivity index (χ2v) is 11.3. The van der Waals surface area contributed by atoms with Crippen molar-refractivity contribution >= 4 is 44.2 Å². The van der Waals surface area contributed by atoms with Gasteiger partial charge < -0.3 is 0 Å². The molecule has 1 N–H and O–H groups in total. The zero-order chi connectivity index (χ0) is 19.6. The van der Waals surface area contributed by atoms with Crippen LogP contribution in [-0.2, 0) is 23.0 Å². The van der Waals surface area contributed by atoms with E-state index in [4.69, 9.17) is 0 Å². The van der Waals surface area contributed by atoms with Crippen LogP contribution in [0.5, 0.6) is 0 Å². The second-order valence-electron chi connectivity index (χ2n) is 6.45. The number of hydrogen-bond donors (Lipinski definition) is 1. The van der Waals surface area contributed by atoms with Crippen LogP contribution in [0.15, 0.2) is 29.2 Å². The number of anilines is 1. The number of hydrogen-bond acceptors (Lipinski definition) is 6. The first-order valence-electron chi connectivity index (χ1n) is 8.83. The fourth-order valence-electron chi connectivity index (χ4n) is 2.84. The third-order valence-corrected chi connectivity index (χ3v) is 8.48. The van der Waals surface area contributed by atoms with Gasteiger partial charge in [0.05, 0.1) is 16.5 Å². The van der Waals surface area contributed by atoms with Gasteiger partial charge in [-0.1, -0.05) is 19.1 Å². The van der Waals surface area contributed by atoms with Gasteiger partial charge in [0, 0.05) is 29.3 Å². The molecule has 1 aromatic heterocycles. The van der Waals surface area contributed by atoms with E-state index in [1.807, 2.05) is 25.1 Å². The van der Waals surface area contributed by atoms with Crippen LogP contribution < -0.4 is 5.32 Å². The summed E-state index contributed by atoms with van der Waals surface area (Å²) in [7, 11) is -3.29. The van der Waals surface area contributed by atoms with E-state index in [1.54, 1.807) is 31.7 Å². The van der Waals surface area contributed by atoms with Gasteiger partial charge >= 0.3 is 0 Å². The Morgan fingerprint density at radius 1 is 1.37 bits per heavy atom. The monoisotopic (exact) mass is 425 g/mol. The molecule has 1 amide bonds. The number of sulfonamides is 1. The number of amides is 1. The molecule has 146 valence electrons. The van der Waals surface area contributed by atoms with Crippen molar-refractivity contribution in [2.24, 2.45) is 0 Å². The number of thiazole rings is 1. The maximum absolute atomic E-state index is 12.7. The predicted molar refractivity (Wildman–Crippen MR) is 111 cm³/mol. The molecule has 0 spiro atoms. The van der Waals surface area contributed by atoms with E-state index in [1.165, 1.54) is 15.6 Å². The molecule has 0 bridgehead atoms. The minimum absolute atomic E-state index is 0.190. The number of benzene rings is 1. The van der Waals surface area contributed by atoms with Crippen molar-refractivity contribution in [3.8, 4) is 0 Å². The van der Waals surface area contributed by atoms with E-state index in [2.05, 4.69) is 10.3 Å². The predicted octanol–water partition coefficient (Wildman–Crippen LogP) is 3.60. The first-order chi connectivity index (χ1) is 12.8. The molecule has 6 nitrogen and oxygen atoms in total. The standard InChI is InChI=1S/C18H23N3O3S3/c1-4-25-15-8-6-5-7-13(15)17(22)20-18-19-14-9-10-21(11-16(14)26-18)27(23,24)12(2)3/h5-8,12H,4,9-11H2,1-3H3,(H,19,20,22). The number of aromatic nitrogens is 1. The lowest BCUT2D eigenvalue weighted by molar-refractivity contribution is 0.102. The van der Waals surface area contributed by atoms with Crippen LogP contribution in [0.1, 0.15) is 41.7 Å². The Morgan fingerprint density at radius 2 is 2.11 bits per heavy atom. The van der Waals surface area contributed by atoms with E-state index in [0.717, 1.165) is 21.2 Å². The van der Waals surface area contributed by atoms with Crippen molar-refractivity contribution in [2.75, 3.05) is 17.6 Å². The molecular formula is C18H23N3O3S3. The lowest BCUT2D eigenvalue weighted by Crippen LogP contribution is -2.39. The van der Waals surface area contributed by atoms with Gasteiger partial charge in [-0.3, -0.25) is 10.1 Å². The Morgan fingerprint density at radius 3 is 2.81 bits per heavy atom. The number of nitrogens with zero attached hydrogens (tertiary/aromatic N) is 2. The molecule has 0 saturated carbocycles. The molecule has 0 fully saturated rings. The molecule has 2 aromatic rings. The molecule has 27 heavy (non-hydrogen) atoms. The van der Waals surface area contributed by atoms with Crippen molar-refractivity contribution in [2.45, 2.75) is 43.9 Å². The fourth-order valence-corrected chi connectivity index (χ4v) is 5.99. The molecule has 1 aromatic carbocycles. The van der Waals surface area contributed by atoms with E-state index < -0.39 is 15.3 Å². The summed E-state index contributed by atoms with van der Waals surface area (Å²) in [6, 6.07) is 7.50. The van der Waals surface area contributed by atoms with Gasteiger partial charge in [-0.25, -0.2) is 13.4 Å². The van der Waals surface area contributed by atoms with Crippen LogP contribution in [0.25, 0.3) is 0 Å². The summed E-state index contributed by atoms with van der Waals surface area (Å²) in [5.41, 5.74) is 1.50. The molecule has 2 heterocycles. The van der Waals surface area contributed by atoms with Crippen LogP contribution in [0, 0.1) is 0 Å². The Labute approximate surface area is 168 Å². The molecular weight excluding hydrogens is 402 g/mol. The minimum atomic E-state index is -3.29. The van der Waals surface area contributed by atoms with E-state index in [9.17, 15) is 13.2 Å². The highest BCUT2D eigenvalue weighted by Gasteiger charge is 2.31. The van der Waals surface area contributed by atoms with Crippen molar-refractivity contribution in [3.05, 3.63) is 40.4 Å². The zero-order valence-electron chi connectivity index (χ0n) is 15.6. The lowest BCUT2D eigenvalue weighted by atomic mass is 10.2. The first-order valence-corrected chi connectivity index (χ1v) is 12.1. The summed E-state index contributed by atoms with van der Waals surface area (Å²) in [5, 5.41) is 2.95. The van der Waals surface area contributed by atoms with Crippen LogP contribution in [-0.4, -0.2) is 41.2 Å². The van der Waals surface area contributed by atoms with Gasteiger partial charge in [-0.15, -0.1) is 23.1 Å². The molecule has 0 saturated heterocycles. The average Bonchev–Trinajstić information content (AvgIpc) is 3.03. The molecule has 0 radical (unpaired) electrons. The summed E-state index contributed by atoms with van der Waals surface area (Å²) in [6.45, 7) is 6.18. The highest BCUT2D eigenvalue weighted by molar-refractivity contribution is 7.99. The van der Waals surface area contributed by atoms with Crippen LogP contribution >= 0.6 is 23.1 Å². The number of carbonyl (C=O) groups excluding carboxylic acids is 1. The third-order valence-electron chi connectivity index (χ3n) is 4.30. The van der Waals surface area contributed by atoms with Gasteiger partial charge in [-0.05, 0) is 31.7 Å². The number of carbonyl (C=O) groups is 1. The van der Waals surface area contributed by atoms with Gasteiger partial charge in [0.15, 0.2) is 5.13 Å². The van der Waals surface area contributed by atoms with Crippen LogP contribution in [0.4, 0.5) is 5.13 Å². The average molecular weight is 426 g/mol. The van der Waals surface area contributed by atoms with E-state index in [0.29, 0.717) is 30.2 Å². The van der Waals surface area contributed by atoms with E-state index in [-0.39, 0.29) is 5.91 Å². The normalized spacial score (nSPS) is 15.0. The SMILES string of the molecule is CCSc1ccccc1C(=O)Nc1nc2c(s1)CN(S(=O)(=O)C(C)C)CC2. The Hall–Kier alpha value is -1.42. The van der Waals surface area contributed by atoms with Crippen molar-refractivity contribution in [1.29, 1.82) is 0 Å². The van der Waals surface area contributed by atoms with Crippen molar-refractivity contribution in [3.63, 3.8) is 0 Å². The quantitative estimate of drug-likeness (QED) is 0.716. The molecule has 3 rings (SSSR count). The first kappa shape index (κ1) is 20.3. The third kappa shape index (κ3) is 4.37. The largest absolute Gasteiger partial charge is 0.298 e. The van der Waals surface area contributed by atoms with Gasteiger partial charge in [0.25, 0.3) is 5.91 Å². The molecule has 0 aliphatic carbocycles. The van der Waals surface area contributed by atoms with Crippen molar-refractivity contribution < 1.29 is 13.2 Å². The molecule has 9 heteroatoms. The number of rotatable bonds is 6. The maximum Gasteiger partial charge on any atom is 0.258 e. The van der Waals surface area contributed by atoms with Crippen LogP contribution in [0.3, 0.4) is 0 Å². The minimum Gasteiger partial charge on any atom is -0.298 e. The summed E-state index contributed by atoms with van der Waals surface area (Å²) in [6.07, 6.45) is 0.565. The number of fused-ring (bicyclic) bond motifs is 1.